The molecule has 0 aromatic heterocycles. The monoisotopic (exact) mass is 384 g/mol. The molecule has 0 radical (unpaired) electrons. The van der Waals surface area contributed by atoms with E-state index >= 15 is 0 Å². The van der Waals surface area contributed by atoms with Gasteiger partial charge in [0.25, 0.3) is 0 Å². The summed E-state index contributed by atoms with van der Waals surface area (Å²) in [5.41, 5.74) is 0.590. The number of carbonyl (C=O) groups excluding carboxylic acids is 1. The SMILES string of the molecule is CC(C)N1CCCC(CNC(=O)CCc2ccc(Br)cc2F)C1. The van der Waals surface area contributed by atoms with Crippen LogP contribution >= 0.6 is 15.9 Å². The molecular formula is C18H26BrFN2O. The van der Waals surface area contributed by atoms with Crippen LogP contribution in [0.2, 0.25) is 0 Å². The normalized spacial score (nSPS) is 19.1. The van der Waals surface area contributed by atoms with Crippen LogP contribution in [-0.2, 0) is 11.2 Å². The average Bonchev–Trinajstić information content (AvgIpc) is 2.52. The van der Waals surface area contributed by atoms with Crippen molar-refractivity contribution in [2.45, 2.75) is 45.6 Å². The van der Waals surface area contributed by atoms with Gasteiger partial charge in [0.2, 0.25) is 5.91 Å². The van der Waals surface area contributed by atoms with Crippen molar-refractivity contribution in [3.63, 3.8) is 0 Å². The minimum absolute atomic E-state index is 0.00832. The predicted octanol–water partition coefficient (Wildman–Crippen LogP) is 3.76. The Morgan fingerprint density at radius 1 is 1.48 bits per heavy atom. The summed E-state index contributed by atoms with van der Waals surface area (Å²) in [6, 6.07) is 5.54. The van der Waals surface area contributed by atoms with E-state index in [0.717, 1.165) is 24.1 Å². The van der Waals surface area contributed by atoms with Crippen molar-refractivity contribution in [2.24, 2.45) is 5.92 Å². The minimum Gasteiger partial charge on any atom is -0.356 e. The molecule has 1 amide bonds. The van der Waals surface area contributed by atoms with E-state index in [2.05, 4.69) is 40.0 Å². The molecule has 2 rings (SSSR count). The van der Waals surface area contributed by atoms with E-state index in [1.807, 2.05) is 0 Å². The van der Waals surface area contributed by atoms with Gasteiger partial charge in [-0.3, -0.25) is 4.79 Å². The molecule has 0 saturated carbocycles. The Labute approximate surface area is 146 Å². The fourth-order valence-corrected chi connectivity index (χ4v) is 3.39. The molecule has 128 valence electrons. The van der Waals surface area contributed by atoms with Crippen LogP contribution in [0.4, 0.5) is 4.39 Å². The smallest absolute Gasteiger partial charge is 0.220 e. The van der Waals surface area contributed by atoms with Crippen molar-refractivity contribution >= 4 is 21.8 Å². The predicted molar refractivity (Wildman–Crippen MR) is 94.9 cm³/mol. The van der Waals surface area contributed by atoms with E-state index in [4.69, 9.17) is 0 Å². The lowest BCUT2D eigenvalue weighted by atomic mass is 9.97. The summed E-state index contributed by atoms with van der Waals surface area (Å²) in [7, 11) is 0. The minimum atomic E-state index is -0.257. The number of carbonyl (C=O) groups is 1. The van der Waals surface area contributed by atoms with Crippen molar-refractivity contribution in [3.05, 3.63) is 34.1 Å². The van der Waals surface area contributed by atoms with E-state index in [-0.39, 0.29) is 11.7 Å². The van der Waals surface area contributed by atoms with Crippen LogP contribution in [0.5, 0.6) is 0 Å². The number of hydrogen-bond acceptors (Lipinski definition) is 2. The van der Waals surface area contributed by atoms with Gasteiger partial charge in [-0.05, 0) is 63.3 Å². The highest BCUT2D eigenvalue weighted by Crippen LogP contribution is 2.18. The van der Waals surface area contributed by atoms with Crippen LogP contribution in [-0.4, -0.2) is 36.5 Å². The number of likely N-dealkylation sites (tertiary alicyclic amines) is 1. The van der Waals surface area contributed by atoms with Gasteiger partial charge in [-0.2, -0.15) is 0 Å². The second-order valence-corrected chi connectivity index (χ2v) is 7.55. The number of halogens is 2. The number of benzene rings is 1. The number of aryl methyl sites for hydroxylation is 1. The van der Waals surface area contributed by atoms with Gasteiger partial charge in [-0.15, -0.1) is 0 Å². The average molecular weight is 385 g/mol. The maximum absolute atomic E-state index is 13.7. The standard InChI is InChI=1S/C18H26BrFN2O/c1-13(2)22-9-3-4-14(12-22)11-21-18(23)8-6-15-5-7-16(19)10-17(15)20/h5,7,10,13-14H,3-4,6,8-9,11-12H2,1-2H3,(H,21,23). The van der Waals surface area contributed by atoms with Crippen molar-refractivity contribution < 1.29 is 9.18 Å². The van der Waals surface area contributed by atoms with E-state index < -0.39 is 0 Å². The largest absolute Gasteiger partial charge is 0.356 e. The lowest BCUT2D eigenvalue weighted by molar-refractivity contribution is -0.121. The van der Waals surface area contributed by atoms with Gasteiger partial charge in [0.1, 0.15) is 5.82 Å². The quantitative estimate of drug-likeness (QED) is 0.809. The molecule has 1 heterocycles. The Hall–Kier alpha value is -0.940. The summed E-state index contributed by atoms with van der Waals surface area (Å²) in [6.07, 6.45) is 3.14. The number of rotatable bonds is 6. The van der Waals surface area contributed by atoms with Crippen molar-refractivity contribution in [1.82, 2.24) is 10.2 Å². The van der Waals surface area contributed by atoms with Gasteiger partial charge >= 0.3 is 0 Å². The molecule has 1 aliphatic heterocycles. The Bertz CT molecular complexity index is 536. The summed E-state index contributed by atoms with van der Waals surface area (Å²) in [5, 5.41) is 3.02. The van der Waals surface area contributed by atoms with Gasteiger partial charge in [-0.25, -0.2) is 4.39 Å². The fourth-order valence-electron chi connectivity index (χ4n) is 3.05. The van der Waals surface area contributed by atoms with Crippen LogP contribution < -0.4 is 5.32 Å². The molecule has 1 fully saturated rings. The van der Waals surface area contributed by atoms with Gasteiger partial charge in [0.15, 0.2) is 0 Å². The first kappa shape index (κ1) is 18.4. The molecule has 1 N–H and O–H groups in total. The van der Waals surface area contributed by atoms with E-state index in [1.165, 1.54) is 18.9 Å². The highest BCUT2D eigenvalue weighted by atomic mass is 79.9. The molecule has 1 aliphatic rings. The fraction of sp³-hybridized carbons (Fsp3) is 0.611. The van der Waals surface area contributed by atoms with E-state index in [9.17, 15) is 9.18 Å². The first-order valence-electron chi connectivity index (χ1n) is 8.40. The van der Waals surface area contributed by atoms with E-state index in [1.54, 1.807) is 12.1 Å². The topological polar surface area (TPSA) is 32.3 Å². The molecular weight excluding hydrogens is 359 g/mol. The van der Waals surface area contributed by atoms with Crippen LogP contribution in [0.15, 0.2) is 22.7 Å². The molecule has 3 nitrogen and oxygen atoms in total. The van der Waals surface area contributed by atoms with E-state index in [0.29, 0.717) is 30.4 Å². The number of nitrogens with zero attached hydrogens (tertiary/aromatic N) is 1. The molecule has 0 aliphatic carbocycles. The van der Waals surface area contributed by atoms with Gasteiger partial charge in [0, 0.05) is 30.0 Å². The molecule has 1 aromatic carbocycles. The number of hydrogen-bond donors (Lipinski definition) is 1. The maximum atomic E-state index is 13.7. The zero-order chi connectivity index (χ0) is 16.8. The third kappa shape index (κ3) is 5.88. The molecule has 23 heavy (non-hydrogen) atoms. The number of amides is 1. The molecule has 0 bridgehead atoms. The second kappa shape index (κ2) is 8.78. The zero-order valence-electron chi connectivity index (χ0n) is 13.9. The first-order valence-corrected chi connectivity index (χ1v) is 9.19. The summed E-state index contributed by atoms with van der Waals surface area (Å²) in [5.74, 6) is 0.278. The first-order chi connectivity index (χ1) is 11.0. The van der Waals surface area contributed by atoms with Crippen molar-refractivity contribution in [3.8, 4) is 0 Å². The molecule has 1 aromatic rings. The van der Waals surface area contributed by atoms with Crippen molar-refractivity contribution in [2.75, 3.05) is 19.6 Å². The molecule has 1 unspecified atom stereocenters. The lowest BCUT2D eigenvalue weighted by Gasteiger charge is -2.35. The summed E-state index contributed by atoms with van der Waals surface area (Å²) in [6.45, 7) is 7.37. The van der Waals surface area contributed by atoms with Gasteiger partial charge in [-0.1, -0.05) is 22.0 Å². The number of piperidine rings is 1. The third-order valence-corrected chi connectivity index (χ3v) is 5.00. The van der Waals surface area contributed by atoms with Crippen LogP contribution in [0.25, 0.3) is 0 Å². The van der Waals surface area contributed by atoms with Crippen LogP contribution in [0.3, 0.4) is 0 Å². The molecule has 0 spiro atoms. The van der Waals surface area contributed by atoms with Gasteiger partial charge in [0.05, 0.1) is 0 Å². The Morgan fingerprint density at radius 3 is 2.96 bits per heavy atom. The number of nitrogens with one attached hydrogen (secondary N) is 1. The maximum Gasteiger partial charge on any atom is 0.220 e. The molecule has 1 atom stereocenters. The van der Waals surface area contributed by atoms with Gasteiger partial charge < -0.3 is 10.2 Å². The van der Waals surface area contributed by atoms with Crippen molar-refractivity contribution in [1.29, 1.82) is 0 Å². The van der Waals surface area contributed by atoms with Crippen LogP contribution in [0, 0.1) is 11.7 Å². The van der Waals surface area contributed by atoms with Crippen LogP contribution in [0.1, 0.15) is 38.7 Å². The molecule has 1 saturated heterocycles. The highest BCUT2D eigenvalue weighted by Gasteiger charge is 2.21. The third-order valence-electron chi connectivity index (χ3n) is 4.51. The Kier molecular flexibility index (Phi) is 7.03. The summed E-state index contributed by atoms with van der Waals surface area (Å²) < 4.78 is 14.4. The summed E-state index contributed by atoms with van der Waals surface area (Å²) >= 11 is 3.24. The summed E-state index contributed by atoms with van der Waals surface area (Å²) in [4.78, 5) is 14.5. The zero-order valence-corrected chi connectivity index (χ0v) is 15.5. The Balaban J connectivity index is 1.72. The second-order valence-electron chi connectivity index (χ2n) is 6.64. The highest BCUT2D eigenvalue weighted by molar-refractivity contribution is 9.10. The Morgan fingerprint density at radius 2 is 2.26 bits per heavy atom. The lowest BCUT2D eigenvalue weighted by Crippen LogP contribution is -2.43. The molecule has 5 heteroatoms.